The number of pyridine rings is 1. The van der Waals surface area contributed by atoms with Crippen LogP contribution in [-0.2, 0) is 21.7 Å². The molecule has 5 aromatic carbocycles. The van der Waals surface area contributed by atoms with E-state index >= 15 is 0 Å². The fraction of sp³-hybridized carbons (Fsp3) is 0.364. The zero-order valence-electron chi connectivity index (χ0n) is 38.8. The van der Waals surface area contributed by atoms with Gasteiger partial charge in [-0.2, -0.15) is 0 Å². The molecule has 2 aromatic heterocycles. The van der Waals surface area contributed by atoms with Crippen LogP contribution in [0, 0.1) is 0 Å². The molecule has 0 aliphatic heterocycles. The summed E-state index contributed by atoms with van der Waals surface area (Å²) in [4.78, 5) is 7.25. The molecule has 0 amide bonds. The van der Waals surface area contributed by atoms with Crippen molar-refractivity contribution in [3.05, 3.63) is 143 Å². The lowest BCUT2D eigenvalue weighted by atomic mass is 9.86. The average Bonchev–Trinajstić information content (AvgIpc) is 3.49. The summed E-state index contributed by atoms with van der Waals surface area (Å²) in [6, 6.07) is 40.0. The van der Waals surface area contributed by atoms with Crippen molar-refractivity contribution >= 4 is 44.6 Å². The molecule has 60 heavy (non-hydrogen) atoms. The largest absolute Gasteiger partial charge is 0.457 e. The van der Waals surface area contributed by atoms with Gasteiger partial charge in [0, 0.05) is 47.5 Å². The predicted octanol–water partition coefficient (Wildman–Crippen LogP) is 15.8. The van der Waals surface area contributed by atoms with Gasteiger partial charge in [-0.05, 0) is 122 Å². The van der Waals surface area contributed by atoms with Crippen LogP contribution in [0.4, 0.5) is 22.7 Å². The molecule has 5 nitrogen and oxygen atoms in total. The van der Waals surface area contributed by atoms with Gasteiger partial charge in [-0.15, -0.1) is 0 Å². The molecule has 7 aromatic rings. The van der Waals surface area contributed by atoms with Crippen molar-refractivity contribution < 1.29 is 4.74 Å². The SMILES string of the molecule is CC(C)c1cc(Oc2ccc3c4ccc(C(C)(C)C)cc4n(-c4cc(C(C)(C)C)ccn4)c3c2)cc(N(C)c2ccc(C(C)(C)C)cc2Nc2cccc(C(C)(C)C)c2)c1. The summed E-state index contributed by atoms with van der Waals surface area (Å²) in [5, 5.41) is 6.20. The minimum Gasteiger partial charge on any atom is -0.457 e. The first-order valence-electron chi connectivity index (χ1n) is 21.6. The van der Waals surface area contributed by atoms with Crippen molar-refractivity contribution in [3.8, 4) is 17.3 Å². The summed E-state index contributed by atoms with van der Waals surface area (Å²) in [5.41, 5.74) is 12.8. The van der Waals surface area contributed by atoms with E-state index in [4.69, 9.17) is 9.72 Å². The second-order valence-electron chi connectivity index (χ2n) is 21.2. The van der Waals surface area contributed by atoms with E-state index in [2.05, 4.69) is 228 Å². The Morgan fingerprint density at radius 3 is 1.80 bits per heavy atom. The smallest absolute Gasteiger partial charge is 0.137 e. The molecule has 5 heteroatoms. The molecule has 0 atom stereocenters. The van der Waals surface area contributed by atoms with Crippen molar-refractivity contribution in [3.63, 3.8) is 0 Å². The van der Waals surface area contributed by atoms with E-state index in [0.29, 0.717) is 5.92 Å². The topological polar surface area (TPSA) is 42.3 Å². The van der Waals surface area contributed by atoms with Crippen LogP contribution in [0.2, 0.25) is 0 Å². The molecule has 0 spiro atoms. The fourth-order valence-electron chi connectivity index (χ4n) is 7.86. The number of nitrogens with zero attached hydrogens (tertiary/aromatic N) is 3. The van der Waals surface area contributed by atoms with E-state index in [-0.39, 0.29) is 21.7 Å². The number of aromatic nitrogens is 2. The fourth-order valence-corrected chi connectivity index (χ4v) is 7.86. The second kappa shape index (κ2) is 15.5. The van der Waals surface area contributed by atoms with Crippen molar-refractivity contribution in [2.24, 2.45) is 0 Å². The minimum absolute atomic E-state index is 0.000474. The maximum atomic E-state index is 6.91. The molecule has 0 unspecified atom stereocenters. The molecule has 0 bridgehead atoms. The zero-order valence-corrected chi connectivity index (χ0v) is 38.8. The summed E-state index contributed by atoms with van der Waals surface area (Å²) in [5.74, 6) is 2.78. The predicted molar refractivity (Wildman–Crippen MR) is 258 cm³/mol. The molecule has 7 rings (SSSR count). The van der Waals surface area contributed by atoms with Crippen LogP contribution in [-0.4, -0.2) is 16.6 Å². The van der Waals surface area contributed by atoms with E-state index in [0.717, 1.165) is 51.1 Å². The maximum absolute atomic E-state index is 6.91. The summed E-state index contributed by atoms with van der Waals surface area (Å²) >= 11 is 0. The van der Waals surface area contributed by atoms with Gasteiger partial charge in [0.05, 0.1) is 22.4 Å². The van der Waals surface area contributed by atoms with Crippen LogP contribution in [0.15, 0.2) is 115 Å². The van der Waals surface area contributed by atoms with Gasteiger partial charge in [0.25, 0.3) is 0 Å². The van der Waals surface area contributed by atoms with Crippen LogP contribution >= 0.6 is 0 Å². The second-order valence-corrected chi connectivity index (χ2v) is 21.2. The van der Waals surface area contributed by atoms with E-state index in [1.54, 1.807) is 0 Å². The van der Waals surface area contributed by atoms with E-state index in [1.807, 2.05) is 6.20 Å². The van der Waals surface area contributed by atoms with Crippen LogP contribution < -0.4 is 15.0 Å². The lowest BCUT2D eigenvalue weighted by Crippen LogP contribution is -2.16. The highest BCUT2D eigenvalue weighted by molar-refractivity contribution is 6.09. The highest BCUT2D eigenvalue weighted by Gasteiger charge is 2.23. The van der Waals surface area contributed by atoms with Gasteiger partial charge in [0.15, 0.2) is 0 Å². The Morgan fingerprint density at radius 1 is 0.567 bits per heavy atom. The number of fused-ring (bicyclic) bond motifs is 3. The highest BCUT2D eigenvalue weighted by atomic mass is 16.5. The normalized spacial score (nSPS) is 12.7. The monoisotopic (exact) mass is 799 g/mol. The Balaban J connectivity index is 1.32. The Labute approximate surface area is 359 Å². The minimum atomic E-state index is -0.0175. The highest BCUT2D eigenvalue weighted by Crippen LogP contribution is 2.42. The third-order valence-electron chi connectivity index (χ3n) is 11.9. The molecule has 2 heterocycles. The van der Waals surface area contributed by atoms with Crippen LogP contribution in [0.3, 0.4) is 0 Å². The molecule has 0 aliphatic carbocycles. The molecule has 1 N–H and O–H groups in total. The Hall–Kier alpha value is -5.55. The number of nitrogens with one attached hydrogen (secondary N) is 1. The molecule has 0 saturated carbocycles. The van der Waals surface area contributed by atoms with Gasteiger partial charge in [0.1, 0.15) is 17.3 Å². The van der Waals surface area contributed by atoms with Gasteiger partial charge < -0.3 is 15.0 Å². The maximum Gasteiger partial charge on any atom is 0.137 e. The molecular formula is C55H66N4O. The van der Waals surface area contributed by atoms with Crippen LogP contribution in [0.25, 0.3) is 27.6 Å². The van der Waals surface area contributed by atoms with E-state index in [9.17, 15) is 0 Å². The first-order chi connectivity index (χ1) is 28.0. The molecule has 0 saturated heterocycles. The quantitative estimate of drug-likeness (QED) is 0.166. The van der Waals surface area contributed by atoms with Crippen molar-refractivity contribution in [2.45, 2.75) is 125 Å². The van der Waals surface area contributed by atoms with Gasteiger partial charge in [0.2, 0.25) is 0 Å². The third-order valence-corrected chi connectivity index (χ3v) is 11.9. The summed E-state index contributed by atoms with van der Waals surface area (Å²) in [7, 11) is 2.15. The molecule has 0 radical (unpaired) electrons. The van der Waals surface area contributed by atoms with Crippen molar-refractivity contribution in [1.82, 2.24) is 9.55 Å². The van der Waals surface area contributed by atoms with Gasteiger partial charge >= 0.3 is 0 Å². The average molecular weight is 799 g/mol. The van der Waals surface area contributed by atoms with Crippen molar-refractivity contribution in [1.29, 1.82) is 0 Å². The summed E-state index contributed by atoms with van der Waals surface area (Å²) < 4.78 is 9.22. The van der Waals surface area contributed by atoms with Crippen LogP contribution in [0.5, 0.6) is 11.5 Å². The number of anilines is 4. The van der Waals surface area contributed by atoms with Gasteiger partial charge in [-0.25, -0.2) is 4.98 Å². The number of hydrogen-bond donors (Lipinski definition) is 1. The van der Waals surface area contributed by atoms with E-state index < -0.39 is 0 Å². The zero-order chi connectivity index (χ0) is 43.5. The molecule has 312 valence electrons. The number of hydrogen-bond acceptors (Lipinski definition) is 4. The first-order valence-corrected chi connectivity index (χ1v) is 21.6. The molecule has 0 aliphatic rings. The van der Waals surface area contributed by atoms with E-state index in [1.165, 1.54) is 38.6 Å². The van der Waals surface area contributed by atoms with Gasteiger partial charge in [-0.3, -0.25) is 4.57 Å². The number of ether oxygens (including phenoxy) is 1. The van der Waals surface area contributed by atoms with Crippen LogP contribution in [0.1, 0.15) is 131 Å². The standard InChI is InChI=1S/C55H66N4O/c1-35(2)36-27-42(58(15)48-24-20-38(53(6,7)8)30-47(48)57-41-18-16-17-37(29-41)52(3,4)5)33-44(28-36)60-43-21-23-46-45-22-19-39(54(9,10)11)31-49(45)59(50(46)34-43)51-32-40(25-26-56-51)55(12,13)14/h16-35,57H,1-15H3. The lowest BCUT2D eigenvalue weighted by Gasteiger charge is -2.28. The molecular weight excluding hydrogens is 733 g/mol. The lowest BCUT2D eigenvalue weighted by molar-refractivity contribution is 0.482. The first kappa shape index (κ1) is 42.6. The van der Waals surface area contributed by atoms with Gasteiger partial charge in [-0.1, -0.05) is 127 Å². The molecule has 0 fully saturated rings. The number of rotatable bonds is 8. The number of benzene rings is 5. The summed E-state index contributed by atoms with van der Waals surface area (Å²) in [6.45, 7) is 31.6. The summed E-state index contributed by atoms with van der Waals surface area (Å²) in [6.07, 6.45) is 1.94. The Bertz CT molecular complexity index is 2690. The Morgan fingerprint density at radius 2 is 1.15 bits per heavy atom. The van der Waals surface area contributed by atoms with Crippen molar-refractivity contribution in [2.75, 3.05) is 17.3 Å². The third kappa shape index (κ3) is 8.82. The Kier molecular flexibility index (Phi) is 11.0.